The van der Waals surface area contributed by atoms with Crippen molar-refractivity contribution in [1.82, 2.24) is 0 Å². The standard InChI is InChI=1S/C65H107IO12SSi2/c1-19-40(3)35-55-44(7)59(57(75-55)39-56-43(6)41(4)36-47(73-56)23-28-52-42(5)37-48(72-52)25-30-58-70-33-34-71-58)63(79(68,69)50-26-21-46(20-2)22-27-50)51(67)38-49-24-29-53-60(74-49)45(8)61(78-81(17,18)65(12,13)14)62(76-53)54(31-32-66)77-80(15,16)64(9,10)11/h21-22,26-27,31-32,40-41,44-45,47-49,52-63H,5-6,19-20,23-25,28-30,33-39H2,1-4,7-18H3/b32-31+/t40-,41+,44+,45+,47+,48+,49-,52+,53+,54+,55-,56-,57+,59-,60-,61+,62+,63?/m1/s1. The summed E-state index contributed by atoms with van der Waals surface area (Å²) in [5.41, 5.74) is 3.14. The Kier molecular flexibility index (Phi) is 23.2. The first-order valence-electron chi connectivity index (χ1n) is 31.2. The quantitative estimate of drug-likeness (QED) is 0.0554. The average molecular weight is 1300 g/mol. The zero-order valence-corrected chi connectivity index (χ0v) is 57.6. The molecule has 460 valence electrons. The van der Waals surface area contributed by atoms with Crippen molar-refractivity contribution >= 4 is 54.8 Å². The van der Waals surface area contributed by atoms with Gasteiger partial charge in [-0.25, -0.2) is 8.42 Å². The minimum absolute atomic E-state index is 0.0217. The molecule has 16 heteroatoms. The summed E-state index contributed by atoms with van der Waals surface area (Å²) in [4.78, 5) is 16.0. The molecule has 1 unspecified atom stereocenters. The van der Waals surface area contributed by atoms with E-state index in [-0.39, 0.29) is 112 Å². The smallest absolute Gasteiger partial charge is 0.193 e. The molecule has 0 N–H and O–H groups in total. The number of fused-ring (bicyclic) bond motifs is 1. The van der Waals surface area contributed by atoms with Gasteiger partial charge in [0.05, 0.1) is 85.3 Å². The first-order chi connectivity index (χ1) is 37.9. The Balaban J connectivity index is 1.16. The van der Waals surface area contributed by atoms with Crippen LogP contribution in [0.5, 0.6) is 0 Å². The molecule has 6 aliphatic heterocycles. The highest BCUT2D eigenvalue weighted by Crippen LogP contribution is 2.49. The summed E-state index contributed by atoms with van der Waals surface area (Å²) >= 11 is 2.29. The van der Waals surface area contributed by atoms with Crippen LogP contribution in [-0.4, -0.2) is 129 Å². The lowest BCUT2D eigenvalue weighted by Gasteiger charge is -2.54. The van der Waals surface area contributed by atoms with E-state index in [9.17, 15) is 0 Å². The molecular weight excluding hydrogens is 1190 g/mol. The van der Waals surface area contributed by atoms with Crippen LogP contribution in [0.15, 0.2) is 63.6 Å². The Labute approximate surface area is 506 Å². The zero-order valence-electron chi connectivity index (χ0n) is 52.6. The van der Waals surface area contributed by atoms with Gasteiger partial charge in [0.15, 0.2) is 38.5 Å². The fraction of sp³-hybridized carbons (Fsp3) is 0.800. The van der Waals surface area contributed by atoms with Gasteiger partial charge < -0.3 is 42.0 Å². The molecule has 1 aromatic rings. The fourth-order valence-corrected chi connectivity index (χ4v) is 18.2. The lowest BCUT2D eigenvalue weighted by atomic mass is 9.78. The minimum atomic E-state index is -4.26. The van der Waals surface area contributed by atoms with Crippen LogP contribution in [0.1, 0.15) is 166 Å². The van der Waals surface area contributed by atoms with Crippen molar-refractivity contribution in [2.75, 3.05) is 13.2 Å². The maximum absolute atomic E-state index is 15.8. The largest absolute Gasteiger partial charge is 0.411 e. The summed E-state index contributed by atoms with van der Waals surface area (Å²) in [7, 11) is -8.91. The van der Waals surface area contributed by atoms with Gasteiger partial charge in [-0.2, -0.15) is 0 Å². The highest BCUT2D eigenvalue weighted by atomic mass is 127. The summed E-state index contributed by atoms with van der Waals surface area (Å²) in [5, 5.41) is -1.47. The van der Waals surface area contributed by atoms with Gasteiger partial charge in [0.25, 0.3) is 0 Å². The summed E-state index contributed by atoms with van der Waals surface area (Å²) in [6.45, 7) is 46.0. The summed E-state index contributed by atoms with van der Waals surface area (Å²) < 4.78 is 94.7. The number of sulfone groups is 1. The number of carbonyl (C=O) groups is 1. The van der Waals surface area contributed by atoms with E-state index in [1.54, 1.807) is 12.1 Å². The molecule has 7 rings (SSSR count). The predicted octanol–water partition coefficient (Wildman–Crippen LogP) is 14.9. The molecule has 12 nitrogen and oxygen atoms in total. The number of ketones is 1. The van der Waals surface area contributed by atoms with E-state index in [0.29, 0.717) is 38.4 Å². The number of benzene rings is 1. The molecule has 0 aliphatic carbocycles. The number of hydrogen-bond donors (Lipinski definition) is 0. The molecule has 81 heavy (non-hydrogen) atoms. The minimum Gasteiger partial charge on any atom is -0.411 e. The molecule has 0 saturated carbocycles. The average Bonchev–Trinajstić information content (AvgIpc) is 4.37. The second kappa shape index (κ2) is 27.9. The van der Waals surface area contributed by atoms with Gasteiger partial charge in [0, 0.05) is 31.1 Å². The van der Waals surface area contributed by atoms with Gasteiger partial charge in [-0.1, -0.05) is 137 Å². The molecule has 6 heterocycles. The van der Waals surface area contributed by atoms with E-state index in [4.69, 9.17) is 42.0 Å². The molecule has 0 radical (unpaired) electrons. The fourth-order valence-electron chi connectivity index (χ4n) is 13.0. The van der Waals surface area contributed by atoms with Crippen LogP contribution in [0.3, 0.4) is 0 Å². The van der Waals surface area contributed by atoms with Crippen molar-refractivity contribution in [3.63, 3.8) is 0 Å². The monoisotopic (exact) mass is 1290 g/mol. The van der Waals surface area contributed by atoms with Gasteiger partial charge in [0.1, 0.15) is 11.4 Å². The lowest BCUT2D eigenvalue weighted by Crippen LogP contribution is -2.64. The van der Waals surface area contributed by atoms with E-state index >= 15 is 13.2 Å². The van der Waals surface area contributed by atoms with Crippen LogP contribution < -0.4 is 0 Å². The highest BCUT2D eigenvalue weighted by Gasteiger charge is 2.57. The molecule has 0 aromatic heterocycles. The van der Waals surface area contributed by atoms with Crippen LogP contribution in [0.25, 0.3) is 0 Å². The van der Waals surface area contributed by atoms with Crippen molar-refractivity contribution in [1.29, 1.82) is 0 Å². The molecule has 0 amide bonds. The normalized spacial score (nSPS) is 34.2. The van der Waals surface area contributed by atoms with Crippen molar-refractivity contribution in [3.8, 4) is 0 Å². The SMILES string of the molecule is C=C1C[C@H](CCC2OCCO2)O[C@H]1CC[C@H]1C[C@H](C)C(=C)[C@@H](C[C@@H]2O[C@H](C[C@H](C)CC)[C@H](C)[C@H]2C(C(=O)C[C@H]2CC[C@@H]3O[C@@H]([C@H](/C=C/I)O[Si](C)(C)C(C)(C)C)[C@@H](O[Si](C)(C)C(C)(C)C)[C@@H](C)[C@H]3O2)S(=O)(=O)c2ccc(CC)cc2)O1. The van der Waals surface area contributed by atoms with Gasteiger partial charge >= 0.3 is 0 Å². The number of aryl methyl sites for hydroxylation is 1. The Morgan fingerprint density at radius 1 is 0.802 bits per heavy atom. The second-order valence-corrected chi connectivity index (χ2v) is 40.8. The number of ether oxygens (including phenoxy) is 7. The summed E-state index contributed by atoms with van der Waals surface area (Å²) in [6, 6.07) is 7.14. The van der Waals surface area contributed by atoms with E-state index in [1.165, 1.54) is 0 Å². The van der Waals surface area contributed by atoms with Crippen molar-refractivity contribution in [2.24, 2.45) is 29.6 Å². The molecule has 6 fully saturated rings. The van der Waals surface area contributed by atoms with Gasteiger partial charge in [-0.15, -0.1) is 0 Å². The third-order valence-electron chi connectivity index (χ3n) is 20.6. The van der Waals surface area contributed by atoms with Crippen LogP contribution in [0.4, 0.5) is 0 Å². The first-order valence-corrected chi connectivity index (χ1v) is 39.8. The maximum atomic E-state index is 15.8. The zero-order chi connectivity index (χ0) is 59.6. The van der Waals surface area contributed by atoms with Crippen molar-refractivity contribution in [3.05, 3.63) is 64.3 Å². The molecule has 18 atom stereocenters. The van der Waals surface area contributed by atoms with Crippen LogP contribution in [0, 0.1) is 29.6 Å². The molecule has 0 bridgehead atoms. The molecule has 1 aromatic carbocycles. The third-order valence-corrected chi connectivity index (χ3v) is 32.1. The second-order valence-electron chi connectivity index (χ2n) is 28.5. The summed E-state index contributed by atoms with van der Waals surface area (Å²) in [6.07, 6.45) is 7.50. The molecule has 6 aliphatic rings. The van der Waals surface area contributed by atoms with Gasteiger partial charge in [-0.3, -0.25) is 4.79 Å². The Bertz CT molecular complexity index is 2400. The summed E-state index contributed by atoms with van der Waals surface area (Å²) in [5.74, 6) is -0.831. The van der Waals surface area contributed by atoms with E-state index in [2.05, 4.69) is 151 Å². The van der Waals surface area contributed by atoms with E-state index < -0.39 is 49.8 Å². The van der Waals surface area contributed by atoms with E-state index in [0.717, 1.165) is 74.5 Å². The Hall–Kier alpha value is -1.14. The topological polar surface area (TPSA) is 134 Å². The van der Waals surface area contributed by atoms with Crippen LogP contribution in [-0.2, 0) is 63.1 Å². The number of Topliss-reactive ketones (excluding diaryl/α,β-unsaturated/α-hetero) is 1. The number of hydrogen-bond acceptors (Lipinski definition) is 12. The van der Waals surface area contributed by atoms with Crippen LogP contribution >= 0.6 is 22.6 Å². The number of rotatable bonds is 24. The van der Waals surface area contributed by atoms with Crippen molar-refractivity contribution in [2.45, 2.75) is 293 Å². The first kappa shape index (κ1) is 67.4. The Morgan fingerprint density at radius 2 is 1.44 bits per heavy atom. The third kappa shape index (κ3) is 16.1. The van der Waals surface area contributed by atoms with Crippen LogP contribution in [0.2, 0.25) is 36.3 Å². The molecule has 6 saturated heterocycles. The van der Waals surface area contributed by atoms with Gasteiger partial charge in [0.2, 0.25) is 0 Å². The highest BCUT2D eigenvalue weighted by molar-refractivity contribution is 14.1. The lowest BCUT2D eigenvalue weighted by molar-refractivity contribution is -0.251. The predicted molar refractivity (Wildman–Crippen MR) is 338 cm³/mol. The van der Waals surface area contributed by atoms with E-state index in [1.807, 2.05) is 16.2 Å². The number of carbonyl (C=O) groups excluding carboxylic acids is 1. The maximum Gasteiger partial charge on any atom is 0.193 e. The molecular formula is C65H107IO12SSi2. The van der Waals surface area contributed by atoms with Gasteiger partial charge in [-0.05, 0) is 151 Å². The molecule has 0 spiro atoms. The van der Waals surface area contributed by atoms with Crippen molar-refractivity contribution < 1.29 is 55.2 Å². The Morgan fingerprint density at radius 3 is 2.06 bits per heavy atom. The number of halogens is 1.